The monoisotopic (exact) mass is 231 g/mol. The molecule has 0 bridgehead atoms. The summed E-state index contributed by atoms with van der Waals surface area (Å²) in [6, 6.07) is 7.90. The van der Waals surface area contributed by atoms with Gasteiger partial charge in [0.15, 0.2) is 0 Å². The van der Waals surface area contributed by atoms with Crippen LogP contribution in [0.25, 0.3) is 0 Å². The van der Waals surface area contributed by atoms with Crippen LogP contribution in [0.1, 0.15) is 37.5 Å². The second-order valence-electron chi connectivity index (χ2n) is 4.75. The van der Waals surface area contributed by atoms with Gasteiger partial charge < -0.3 is 9.84 Å². The summed E-state index contributed by atoms with van der Waals surface area (Å²) in [5.74, 6) is 0.899. The van der Waals surface area contributed by atoms with Crippen LogP contribution in [0.4, 0.5) is 0 Å². The lowest BCUT2D eigenvalue weighted by Gasteiger charge is -2.26. The van der Waals surface area contributed by atoms with Gasteiger partial charge in [-0.1, -0.05) is 13.0 Å². The summed E-state index contributed by atoms with van der Waals surface area (Å²) in [6.45, 7) is 4.42. The lowest BCUT2D eigenvalue weighted by Crippen LogP contribution is -2.23. The van der Waals surface area contributed by atoms with E-state index in [9.17, 15) is 10.4 Å². The minimum absolute atomic E-state index is 0.623. The zero-order valence-electron chi connectivity index (χ0n) is 10.2. The Morgan fingerprint density at radius 3 is 3.00 bits per heavy atom. The molecule has 1 aromatic rings. The summed E-state index contributed by atoms with van der Waals surface area (Å²) < 4.78 is 5.42. The molecule has 2 atom stereocenters. The van der Waals surface area contributed by atoms with Crippen molar-refractivity contribution in [2.75, 3.05) is 6.61 Å². The fraction of sp³-hybridized carbons (Fsp3) is 0.500. The Kier molecular flexibility index (Phi) is 3.08. The van der Waals surface area contributed by atoms with E-state index < -0.39 is 11.5 Å². The van der Waals surface area contributed by atoms with Gasteiger partial charge in [-0.25, -0.2) is 0 Å². The number of benzene rings is 1. The molecule has 0 aliphatic carbocycles. The number of nitrogens with zero attached hydrogens (tertiary/aromatic N) is 1. The number of aliphatic hydroxyl groups excluding tert-OH is 1. The topological polar surface area (TPSA) is 53.2 Å². The molecule has 0 saturated carbocycles. The maximum absolute atomic E-state index is 10.3. The van der Waals surface area contributed by atoms with E-state index in [1.54, 1.807) is 6.92 Å². The fourth-order valence-corrected chi connectivity index (χ4v) is 2.08. The van der Waals surface area contributed by atoms with Gasteiger partial charge in [-0.3, -0.25) is 0 Å². The van der Waals surface area contributed by atoms with E-state index in [0.29, 0.717) is 13.0 Å². The molecule has 1 aromatic carbocycles. The highest BCUT2D eigenvalue weighted by Crippen LogP contribution is 2.38. The highest BCUT2D eigenvalue weighted by Gasteiger charge is 2.33. The maximum Gasteiger partial charge on any atom is 0.122 e. The lowest BCUT2D eigenvalue weighted by molar-refractivity contribution is 0.0721. The summed E-state index contributed by atoms with van der Waals surface area (Å²) in [5, 5.41) is 19.5. The smallest absolute Gasteiger partial charge is 0.122 e. The van der Waals surface area contributed by atoms with Gasteiger partial charge in [-0.15, -0.1) is 0 Å². The largest absolute Gasteiger partial charge is 0.493 e. The average molecular weight is 231 g/mol. The number of nitriles is 1. The molecule has 3 nitrogen and oxygen atoms in total. The van der Waals surface area contributed by atoms with Crippen LogP contribution in [0.3, 0.4) is 0 Å². The van der Waals surface area contributed by atoms with Crippen molar-refractivity contribution in [1.82, 2.24) is 0 Å². The van der Waals surface area contributed by atoms with Crippen LogP contribution in [0.5, 0.6) is 5.75 Å². The van der Waals surface area contributed by atoms with Gasteiger partial charge >= 0.3 is 0 Å². The Labute approximate surface area is 102 Å². The molecule has 2 unspecified atom stereocenters. The fourth-order valence-electron chi connectivity index (χ4n) is 2.08. The third-order valence-electron chi connectivity index (χ3n) is 3.62. The minimum atomic E-state index is -0.747. The first kappa shape index (κ1) is 11.9. The number of hydrogen-bond donors (Lipinski definition) is 1. The van der Waals surface area contributed by atoms with E-state index in [1.165, 1.54) is 0 Å². The highest BCUT2D eigenvalue weighted by molar-refractivity contribution is 5.41. The zero-order chi connectivity index (χ0) is 12.5. The van der Waals surface area contributed by atoms with Gasteiger partial charge in [-0.2, -0.15) is 5.26 Å². The van der Waals surface area contributed by atoms with Crippen molar-refractivity contribution < 1.29 is 9.84 Å². The van der Waals surface area contributed by atoms with Gasteiger partial charge in [0.2, 0.25) is 0 Å². The third kappa shape index (κ3) is 2.01. The van der Waals surface area contributed by atoms with Crippen LogP contribution in [0.2, 0.25) is 0 Å². The molecule has 1 N–H and O–H groups in total. The first-order valence-corrected chi connectivity index (χ1v) is 5.95. The molecule has 1 heterocycles. The molecule has 17 heavy (non-hydrogen) atoms. The standard InChI is InChI=1S/C14H17NO2/c1-3-14(2,9-15)13(16)11-4-5-12-10(8-11)6-7-17-12/h4-5,8,13,16H,3,6-7H2,1-2H3. The Morgan fingerprint density at radius 2 is 2.35 bits per heavy atom. The van der Waals surface area contributed by atoms with E-state index in [4.69, 9.17) is 4.74 Å². The minimum Gasteiger partial charge on any atom is -0.493 e. The van der Waals surface area contributed by atoms with Gasteiger partial charge in [0.05, 0.1) is 24.2 Å². The molecule has 0 amide bonds. The second kappa shape index (κ2) is 4.38. The van der Waals surface area contributed by atoms with Crippen molar-refractivity contribution in [3.8, 4) is 11.8 Å². The van der Waals surface area contributed by atoms with Crippen LogP contribution in [0.15, 0.2) is 18.2 Å². The first-order valence-electron chi connectivity index (χ1n) is 5.95. The first-order chi connectivity index (χ1) is 8.10. The summed E-state index contributed by atoms with van der Waals surface area (Å²) >= 11 is 0. The van der Waals surface area contributed by atoms with E-state index in [-0.39, 0.29) is 0 Å². The molecule has 0 saturated heterocycles. The van der Waals surface area contributed by atoms with E-state index in [0.717, 1.165) is 23.3 Å². The Morgan fingerprint density at radius 1 is 1.59 bits per heavy atom. The van der Waals surface area contributed by atoms with Gasteiger partial charge in [-0.05, 0) is 36.6 Å². The van der Waals surface area contributed by atoms with Gasteiger partial charge in [0, 0.05) is 6.42 Å². The summed E-state index contributed by atoms with van der Waals surface area (Å²) in [7, 11) is 0. The van der Waals surface area contributed by atoms with Crippen molar-refractivity contribution in [2.24, 2.45) is 5.41 Å². The van der Waals surface area contributed by atoms with Crippen LogP contribution in [-0.2, 0) is 6.42 Å². The van der Waals surface area contributed by atoms with Crippen LogP contribution in [0, 0.1) is 16.7 Å². The van der Waals surface area contributed by atoms with E-state index in [2.05, 4.69) is 6.07 Å². The molecule has 0 fully saturated rings. The van der Waals surface area contributed by atoms with E-state index >= 15 is 0 Å². The number of aliphatic hydroxyl groups is 1. The molecular formula is C14H17NO2. The Hall–Kier alpha value is -1.53. The van der Waals surface area contributed by atoms with Crippen LogP contribution in [-0.4, -0.2) is 11.7 Å². The molecule has 0 radical (unpaired) electrons. The summed E-state index contributed by atoms with van der Waals surface area (Å²) in [4.78, 5) is 0. The van der Waals surface area contributed by atoms with Crippen LogP contribution >= 0.6 is 0 Å². The van der Waals surface area contributed by atoms with Gasteiger partial charge in [0.1, 0.15) is 5.75 Å². The molecule has 0 aromatic heterocycles. The lowest BCUT2D eigenvalue weighted by atomic mass is 9.79. The average Bonchev–Trinajstić information content (AvgIpc) is 2.84. The zero-order valence-corrected chi connectivity index (χ0v) is 10.2. The number of fused-ring (bicyclic) bond motifs is 1. The van der Waals surface area contributed by atoms with Crippen molar-refractivity contribution in [3.63, 3.8) is 0 Å². The van der Waals surface area contributed by atoms with Crippen molar-refractivity contribution in [3.05, 3.63) is 29.3 Å². The third-order valence-corrected chi connectivity index (χ3v) is 3.62. The predicted molar refractivity (Wildman–Crippen MR) is 64.6 cm³/mol. The Bertz CT molecular complexity index is 464. The number of ether oxygens (including phenoxy) is 1. The van der Waals surface area contributed by atoms with Crippen molar-refractivity contribution in [1.29, 1.82) is 5.26 Å². The molecule has 1 aliphatic heterocycles. The number of hydrogen-bond acceptors (Lipinski definition) is 3. The van der Waals surface area contributed by atoms with Crippen molar-refractivity contribution in [2.45, 2.75) is 32.8 Å². The Balaban J connectivity index is 2.32. The van der Waals surface area contributed by atoms with Crippen LogP contribution < -0.4 is 4.74 Å². The summed E-state index contributed by atoms with van der Waals surface area (Å²) in [5.41, 5.74) is 1.20. The SMILES string of the molecule is CCC(C)(C#N)C(O)c1ccc2c(c1)CCO2. The molecule has 0 spiro atoms. The molecular weight excluding hydrogens is 214 g/mol. The van der Waals surface area contributed by atoms with Crippen molar-refractivity contribution >= 4 is 0 Å². The molecule has 90 valence electrons. The maximum atomic E-state index is 10.3. The van der Waals surface area contributed by atoms with E-state index in [1.807, 2.05) is 25.1 Å². The predicted octanol–water partition coefficient (Wildman–Crippen LogP) is 2.59. The molecule has 1 aliphatic rings. The van der Waals surface area contributed by atoms with Gasteiger partial charge in [0.25, 0.3) is 0 Å². The molecule has 2 rings (SSSR count). The highest BCUT2D eigenvalue weighted by atomic mass is 16.5. The number of rotatable bonds is 3. The second-order valence-corrected chi connectivity index (χ2v) is 4.75. The molecule has 3 heteroatoms. The normalized spacial score (nSPS) is 18.7. The quantitative estimate of drug-likeness (QED) is 0.869. The summed E-state index contributed by atoms with van der Waals surface area (Å²) in [6.07, 6.45) is 0.757.